The van der Waals surface area contributed by atoms with Crippen molar-refractivity contribution >= 4 is 33.4 Å². The average molecular weight is 342 g/mol. The maximum atomic E-state index is 11.7. The van der Waals surface area contributed by atoms with Crippen LogP contribution in [0.25, 0.3) is 0 Å². The maximum absolute atomic E-state index is 11.7. The van der Waals surface area contributed by atoms with Gasteiger partial charge in [-0.1, -0.05) is 22.9 Å². The molecule has 0 saturated heterocycles. The highest BCUT2D eigenvalue weighted by Gasteiger charge is 2.12. The van der Waals surface area contributed by atoms with E-state index in [1.165, 1.54) is 0 Å². The molecule has 0 aliphatic heterocycles. The van der Waals surface area contributed by atoms with E-state index in [2.05, 4.69) is 31.9 Å². The number of nitrogens with one attached hydrogen (secondary N) is 3. The standard InChI is InChI=1S/C14H20BrN3O2/c1-3-8-16-14(20)10(2)17-9-13(19)18-12-6-4-11(15)5-7-12/h4-7,10,17H,3,8-9H2,1-2H3,(H,16,20)(H,18,19). The van der Waals surface area contributed by atoms with Gasteiger partial charge in [0.05, 0.1) is 12.6 Å². The Bertz CT molecular complexity index is 448. The van der Waals surface area contributed by atoms with Crippen molar-refractivity contribution < 1.29 is 9.59 Å². The Morgan fingerprint density at radius 1 is 1.25 bits per heavy atom. The van der Waals surface area contributed by atoms with E-state index in [-0.39, 0.29) is 18.4 Å². The molecular weight excluding hydrogens is 322 g/mol. The molecular formula is C14H20BrN3O2. The lowest BCUT2D eigenvalue weighted by molar-refractivity contribution is -0.123. The normalized spacial score (nSPS) is 11.8. The predicted molar refractivity (Wildman–Crippen MR) is 83.5 cm³/mol. The fourth-order valence-electron chi connectivity index (χ4n) is 1.48. The minimum atomic E-state index is -0.391. The summed E-state index contributed by atoms with van der Waals surface area (Å²) in [6.07, 6.45) is 0.891. The molecule has 1 unspecified atom stereocenters. The molecule has 0 saturated carbocycles. The van der Waals surface area contributed by atoms with E-state index in [4.69, 9.17) is 0 Å². The molecule has 2 amide bonds. The number of hydrogen-bond acceptors (Lipinski definition) is 3. The van der Waals surface area contributed by atoms with E-state index in [0.717, 1.165) is 16.6 Å². The molecule has 20 heavy (non-hydrogen) atoms. The second kappa shape index (κ2) is 8.71. The van der Waals surface area contributed by atoms with Crippen molar-refractivity contribution in [2.75, 3.05) is 18.4 Å². The Kier molecular flexibility index (Phi) is 7.25. The first kappa shape index (κ1) is 16.7. The summed E-state index contributed by atoms with van der Waals surface area (Å²) in [4.78, 5) is 23.3. The molecule has 110 valence electrons. The van der Waals surface area contributed by atoms with Gasteiger partial charge >= 0.3 is 0 Å². The van der Waals surface area contributed by atoms with Gasteiger partial charge in [0, 0.05) is 16.7 Å². The molecule has 5 nitrogen and oxygen atoms in total. The van der Waals surface area contributed by atoms with Crippen molar-refractivity contribution in [3.05, 3.63) is 28.7 Å². The smallest absolute Gasteiger partial charge is 0.238 e. The minimum absolute atomic E-state index is 0.0940. The van der Waals surface area contributed by atoms with Crippen LogP contribution in [0.2, 0.25) is 0 Å². The van der Waals surface area contributed by atoms with Crippen molar-refractivity contribution in [3.63, 3.8) is 0 Å². The van der Waals surface area contributed by atoms with Gasteiger partial charge in [-0.2, -0.15) is 0 Å². The lowest BCUT2D eigenvalue weighted by Crippen LogP contribution is -2.45. The fourth-order valence-corrected chi connectivity index (χ4v) is 1.74. The van der Waals surface area contributed by atoms with Crippen LogP contribution in [0.15, 0.2) is 28.7 Å². The van der Waals surface area contributed by atoms with Gasteiger partial charge in [-0.3, -0.25) is 14.9 Å². The lowest BCUT2D eigenvalue weighted by Gasteiger charge is -2.13. The van der Waals surface area contributed by atoms with Crippen LogP contribution in [-0.2, 0) is 9.59 Å². The van der Waals surface area contributed by atoms with Gasteiger partial charge in [0.15, 0.2) is 0 Å². The number of benzene rings is 1. The van der Waals surface area contributed by atoms with Gasteiger partial charge in [0.1, 0.15) is 0 Å². The molecule has 0 aliphatic rings. The van der Waals surface area contributed by atoms with E-state index < -0.39 is 6.04 Å². The summed E-state index contributed by atoms with van der Waals surface area (Å²) in [6.45, 7) is 4.47. The van der Waals surface area contributed by atoms with Gasteiger partial charge in [-0.05, 0) is 37.6 Å². The van der Waals surface area contributed by atoms with Crippen molar-refractivity contribution in [1.82, 2.24) is 10.6 Å². The molecule has 0 bridgehead atoms. The monoisotopic (exact) mass is 341 g/mol. The van der Waals surface area contributed by atoms with Crippen LogP contribution in [0.3, 0.4) is 0 Å². The van der Waals surface area contributed by atoms with Crippen LogP contribution in [0.4, 0.5) is 5.69 Å². The number of carbonyl (C=O) groups excluding carboxylic acids is 2. The molecule has 0 radical (unpaired) electrons. The molecule has 1 aromatic carbocycles. The summed E-state index contributed by atoms with van der Waals surface area (Å²) in [5.41, 5.74) is 0.725. The minimum Gasteiger partial charge on any atom is -0.355 e. The average Bonchev–Trinajstić information content (AvgIpc) is 2.44. The Morgan fingerprint density at radius 2 is 1.90 bits per heavy atom. The first-order chi connectivity index (χ1) is 9.52. The van der Waals surface area contributed by atoms with Gasteiger partial charge in [-0.25, -0.2) is 0 Å². The van der Waals surface area contributed by atoms with Gasteiger partial charge in [0.2, 0.25) is 11.8 Å². The van der Waals surface area contributed by atoms with Gasteiger partial charge in [-0.15, -0.1) is 0 Å². The molecule has 1 atom stereocenters. The zero-order valence-electron chi connectivity index (χ0n) is 11.7. The highest BCUT2D eigenvalue weighted by atomic mass is 79.9. The van der Waals surface area contributed by atoms with Crippen LogP contribution in [0, 0.1) is 0 Å². The molecule has 0 heterocycles. The van der Waals surface area contributed by atoms with E-state index in [9.17, 15) is 9.59 Å². The number of halogens is 1. The van der Waals surface area contributed by atoms with Crippen molar-refractivity contribution in [1.29, 1.82) is 0 Å². The third kappa shape index (κ3) is 6.16. The Morgan fingerprint density at radius 3 is 2.50 bits per heavy atom. The summed E-state index contributed by atoms with van der Waals surface area (Å²) in [7, 11) is 0. The van der Waals surface area contributed by atoms with Crippen LogP contribution >= 0.6 is 15.9 Å². The van der Waals surface area contributed by atoms with Gasteiger partial charge in [0.25, 0.3) is 0 Å². The molecule has 6 heteroatoms. The van der Waals surface area contributed by atoms with Crippen LogP contribution in [-0.4, -0.2) is 30.9 Å². The predicted octanol–water partition coefficient (Wildman–Crippen LogP) is 1.89. The summed E-state index contributed by atoms with van der Waals surface area (Å²) in [5, 5.41) is 8.42. The van der Waals surface area contributed by atoms with E-state index in [1.54, 1.807) is 19.1 Å². The highest BCUT2D eigenvalue weighted by molar-refractivity contribution is 9.10. The zero-order chi connectivity index (χ0) is 15.0. The van der Waals surface area contributed by atoms with E-state index >= 15 is 0 Å². The first-order valence-corrected chi connectivity index (χ1v) is 7.38. The zero-order valence-corrected chi connectivity index (χ0v) is 13.3. The molecule has 0 fully saturated rings. The SMILES string of the molecule is CCCNC(=O)C(C)NCC(=O)Nc1ccc(Br)cc1. The maximum Gasteiger partial charge on any atom is 0.238 e. The quantitative estimate of drug-likeness (QED) is 0.709. The Balaban J connectivity index is 2.32. The van der Waals surface area contributed by atoms with E-state index in [1.807, 2.05) is 19.1 Å². The number of amides is 2. The van der Waals surface area contributed by atoms with E-state index in [0.29, 0.717) is 6.54 Å². The second-order valence-corrected chi connectivity index (χ2v) is 5.36. The van der Waals surface area contributed by atoms with Gasteiger partial charge < -0.3 is 10.6 Å². The lowest BCUT2D eigenvalue weighted by atomic mass is 10.3. The van der Waals surface area contributed by atoms with Crippen LogP contribution < -0.4 is 16.0 Å². The fraction of sp³-hybridized carbons (Fsp3) is 0.429. The number of anilines is 1. The largest absolute Gasteiger partial charge is 0.355 e. The molecule has 3 N–H and O–H groups in total. The van der Waals surface area contributed by atoms with Crippen molar-refractivity contribution in [2.45, 2.75) is 26.3 Å². The molecule has 1 aromatic rings. The first-order valence-electron chi connectivity index (χ1n) is 6.59. The Labute approximate surface area is 127 Å². The Hall–Kier alpha value is -1.40. The number of hydrogen-bond donors (Lipinski definition) is 3. The third-order valence-corrected chi connectivity index (χ3v) is 3.17. The molecule has 0 aliphatic carbocycles. The summed E-state index contributed by atoms with van der Waals surface area (Å²) >= 11 is 3.33. The van der Waals surface area contributed by atoms with Crippen molar-refractivity contribution in [2.24, 2.45) is 0 Å². The highest BCUT2D eigenvalue weighted by Crippen LogP contribution is 2.13. The topological polar surface area (TPSA) is 70.2 Å². The second-order valence-electron chi connectivity index (χ2n) is 4.45. The number of carbonyl (C=O) groups is 2. The molecule has 0 spiro atoms. The number of rotatable bonds is 7. The third-order valence-electron chi connectivity index (χ3n) is 2.64. The van der Waals surface area contributed by atoms with Crippen LogP contribution in [0.5, 0.6) is 0 Å². The molecule has 0 aromatic heterocycles. The summed E-state index contributed by atoms with van der Waals surface area (Å²) in [5.74, 6) is -0.272. The van der Waals surface area contributed by atoms with Crippen LogP contribution in [0.1, 0.15) is 20.3 Å². The summed E-state index contributed by atoms with van der Waals surface area (Å²) in [6, 6.07) is 6.92. The van der Waals surface area contributed by atoms with Crippen molar-refractivity contribution in [3.8, 4) is 0 Å². The summed E-state index contributed by atoms with van der Waals surface area (Å²) < 4.78 is 0.954. The molecule has 1 rings (SSSR count).